The van der Waals surface area contributed by atoms with Crippen LogP contribution < -0.4 is 21.2 Å². The van der Waals surface area contributed by atoms with Crippen molar-refractivity contribution in [2.75, 3.05) is 11.9 Å². The van der Waals surface area contributed by atoms with Crippen LogP contribution in [0.25, 0.3) is 0 Å². The first-order valence-corrected chi connectivity index (χ1v) is 8.52. The van der Waals surface area contributed by atoms with E-state index in [2.05, 4.69) is 15.8 Å². The fourth-order valence-electron chi connectivity index (χ4n) is 2.18. The molecule has 0 saturated heterocycles. The maximum absolute atomic E-state index is 11.9. The predicted octanol–water partition coefficient (Wildman–Crippen LogP) is 1.10. The lowest BCUT2D eigenvalue weighted by Gasteiger charge is -2.07. The Balaban J connectivity index is 1.90. The van der Waals surface area contributed by atoms with Crippen LogP contribution in [-0.4, -0.2) is 30.0 Å². The first-order valence-electron chi connectivity index (χ1n) is 8.52. The molecule has 0 fully saturated rings. The predicted molar refractivity (Wildman–Crippen MR) is 106 cm³/mol. The Morgan fingerprint density at radius 1 is 1.07 bits per heavy atom. The van der Waals surface area contributed by atoms with Gasteiger partial charge in [0, 0.05) is 5.69 Å². The molecule has 9 nitrogen and oxygen atoms in total. The molecule has 3 amide bonds. The molecular formula is C20H19N5O4. The summed E-state index contributed by atoms with van der Waals surface area (Å²) in [6.07, 6.45) is 0.265. The summed E-state index contributed by atoms with van der Waals surface area (Å²) < 4.78 is 5.16. The number of hydrogen-bond acceptors (Lipinski definition) is 6. The molecule has 0 heterocycles. The van der Waals surface area contributed by atoms with Crippen molar-refractivity contribution in [3.63, 3.8) is 0 Å². The third-order valence-electron chi connectivity index (χ3n) is 3.68. The largest absolute Gasteiger partial charge is 0.484 e. The Bertz CT molecular complexity index is 960. The fraction of sp³-hybridized carbons (Fsp3) is 0.150. The number of carbonyl (C=O) groups excluding carboxylic acids is 3. The number of nitriles is 1. The van der Waals surface area contributed by atoms with Gasteiger partial charge in [-0.25, -0.2) is 5.43 Å². The molecule has 0 aliphatic rings. The summed E-state index contributed by atoms with van der Waals surface area (Å²) in [5.41, 5.74) is 9.59. The number of primary amides is 1. The van der Waals surface area contributed by atoms with E-state index in [1.54, 1.807) is 55.5 Å². The van der Waals surface area contributed by atoms with Gasteiger partial charge in [0.25, 0.3) is 5.91 Å². The van der Waals surface area contributed by atoms with Crippen LogP contribution in [0.4, 0.5) is 5.69 Å². The third kappa shape index (κ3) is 6.80. The quantitative estimate of drug-likeness (QED) is 0.366. The summed E-state index contributed by atoms with van der Waals surface area (Å²) in [7, 11) is 0. The molecule has 148 valence electrons. The van der Waals surface area contributed by atoms with Gasteiger partial charge in [0.1, 0.15) is 5.75 Å². The van der Waals surface area contributed by atoms with Crippen molar-refractivity contribution in [2.45, 2.75) is 13.3 Å². The van der Waals surface area contributed by atoms with Crippen LogP contribution in [0.3, 0.4) is 0 Å². The number of amides is 3. The van der Waals surface area contributed by atoms with Gasteiger partial charge in [-0.3, -0.25) is 14.4 Å². The monoisotopic (exact) mass is 393 g/mol. The maximum Gasteiger partial charge on any atom is 0.329 e. The second-order valence-corrected chi connectivity index (χ2v) is 5.90. The van der Waals surface area contributed by atoms with Crippen LogP contribution in [0.2, 0.25) is 0 Å². The molecule has 9 heteroatoms. The number of nitrogens with one attached hydrogen (secondary N) is 2. The number of benzene rings is 2. The van der Waals surface area contributed by atoms with E-state index < -0.39 is 17.7 Å². The van der Waals surface area contributed by atoms with Gasteiger partial charge in [0.05, 0.1) is 18.2 Å². The van der Waals surface area contributed by atoms with Gasteiger partial charge in [0.15, 0.2) is 6.61 Å². The first-order chi connectivity index (χ1) is 13.9. The summed E-state index contributed by atoms with van der Waals surface area (Å²) in [6, 6.07) is 15.2. The third-order valence-corrected chi connectivity index (χ3v) is 3.68. The molecule has 0 spiro atoms. The molecule has 0 radical (unpaired) electrons. The number of nitrogens with zero attached hydrogens (tertiary/aromatic N) is 2. The van der Waals surface area contributed by atoms with Gasteiger partial charge in [-0.1, -0.05) is 12.1 Å². The minimum Gasteiger partial charge on any atom is -0.484 e. The molecule has 0 bridgehead atoms. The van der Waals surface area contributed by atoms with E-state index in [0.717, 1.165) is 5.56 Å². The highest BCUT2D eigenvalue weighted by atomic mass is 16.5. The van der Waals surface area contributed by atoms with Crippen LogP contribution in [0.1, 0.15) is 18.1 Å². The van der Waals surface area contributed by atoms with E-state index in [9.17, 15) is 14.4 Å². The minimum absolute atomic E-state index is 0.224. The highest BCUT2D eigenvalue weighted by Gasteiger charge is 2.13. The SMILES string of the molecule is C/C(=N\NC(=O)C(=O)Nc1ccc(CC#N)cc1)c1ccc(OCC(N)=O)cc1. The lowest BCUT2D eigenvalue weighted by atomic mass is 10.1. The zero-order valence-electron chi connectivity index (χ0n) is 15.6. The van der Waals surface area contributed by atoms with Crippen LogP contribution in [-0.2, 0) is 20.8 Å². The second kappa shape index (κ2) is 10.2. The van der Waals surface area contributed by atoms with Gasteiger partial charge >= 0.3 is 11.8 Å². The number of hydrazone groups is 1. The number of ether oxygens (including phenoxy) is 1. The summed E-state index contributed by atoms with van der Waals surface area (Å²) in [6.45, 7) is 1.43. The Hall–Kier alpha value is -4.19. The van der Waals surface area contributed by atoms with E-state index in [0.29, 0.717) is 22.7 Å². The molecule has 2 rings (SSSR count). The molecule has 2 aromatic rings. The van der Waals surface area contributed by atoms with Crippen molar-refractivity contribution in [3.05, 3.63) is 59.7 Å². The van der Waals surface area contributed by atoms with E-state index in [1.807, 2.05) is 6.07 Å². The topological polar surface area (TPSA) is 147 Å². The van der Waals surface area contributed by atoms with E-state index >= 15 is 0 Å². The lowest BCUT2D eigenvalue weighted by molar-refractivity contribution is -0.136. The number of nitrogens with two attached hydrogens (primary N) is 1. The Kier molecular flexibility index (Phi) is 7.44. The van der Waals surface area contributed by atoms with Gasteiger partial charge in [-0.15, -0.1) is 0 Å². The van der Waals surface area contributed by atoms with E-state index in [4.69, 9.17) is 15.7 Å². The second-order valence-electron chi connectivity index (χ2n) is 5.90. The highest BCUT2D eigenvalue weighted by Crippen LogP contribution is 2.13. The van der Waals surface area contributed by atoms with Gasteiger partial charge in [-0.2, -0.15) is 10.4 Å². The van der Waals surface area contributed by atoms with Crippen LogP contribution in [0.15, 0.2) is 53.6 Å². The summed E-state index contributed by atoms with van der Waals surface area (Å²) in [4.78, 5) is 34.6. The van der Waals surface area contributed by atoms with Gasteiger partial charge in [-0.05, 0) is 54.4 Å². The van der Waals surface area contributed by atoms with Crippen LogP contribution >= 0.6 is 0 Å². The maximum atomic E-state index is 11.9. The van der Waals surface area contributed by atoms with Crippen molar-refractivity contribution in [2.24, 2.45) is 10.8 Å². The summed E-state index contributed by atoms with van der Waals surface area (Å²) in [5.74, 6) is -1.91. The van der Waals surface area contributed by atoms with Crippen molar-refractivity contribution in [3.8, 4) is 11.8 Å². The molecule has 29 heavy (non-hydrogen) atoms. The van der Waals surface area contributed by atoms with Crippen LogP contribution in [0, 0.1) is 11.3 Å². The number of carbonyl (C=O) groups is 3. The molecule has 2 aromatic carbocycles. The molecule has 0 saturated carbocycles. The van der Waals surface area contributed by atoms with Crippen molar-refractivity contribution >= 4 is 29.1 Å². The molecule has 0 aliphatic heterocycles. The van der Waals surface area contributed by atoms with Crippen molar-refractivity contribution < 1.29 is 19.1 Å². The molecule has 0 atom stereocenters. The van der Waals surface area contributed by atoms with Gasteiger partial charge < -0.3 is 15.8 Å². The standard InChI is InChI=1S/C20H19N5O4/c1-13(15-4-8-17(9-5-15)29-12-18(22)26)24-25-20(28)19(27)23-16-6-2-14(3-7-16)10-11-21/h2-9H,10,12H2,1H3,(H2,22,26)(H,23,27)(H,25,28)/b24-13+. The number of hydrogen-bond donors (Lipinski definition) is 3. The van der Waals surface area contributed by atoms with Crippen molar-refractivity contribution in [1.29, 1.82) is 5.26 Å². The fourth-order valence-corrected chi connectivity index (χ4v) is 2.18. The molecule has 0 aliphatic carbocycles. The Labute approximate surface area is 167 Å². The van der Waals surface area contributed by atoms with Crippen molar-refractivity contribution in [1.82, 2.24) is 5.43 Å². The molecule has 0 unspecified atom stereocenters. The first kappa shape index (κ1) is 21.1. The normalized spacial score (nSPS) is 10.6. The zero-order chi connectivity index (χ0) is 21.2. The number of rotatable bonds is 7. The van der Waals surface area contributed by atoms with E-state index in [1.165, 1.54) is 0 Å². The van der Waals surface area contributed by atoms with E-state index in [-0.39, 0.29) is 13.0 Å². The molecule has 4 N–H and O–H groups in total. The Morgan fingerprint density at radius 3 is 2.31 bits per heavy atom. The Morgan fingerprint density at radius 2 is 1.72 bits per heavy atom. The number of anilines is 1. The average molecular weight is 393 g/mol. The highest BCUT2D eigenvalue weighted by molar-refractivity contribution is 6.39. The molecular weight excluding hydrogens is 374 g/mol. The van der Waals surface area contributed by atoms with Crippen LogP contribution in [0.5, 0.6) is 5.75 Å². The summed E-state index contributed by atoms with van der Waals surface area (Å²) >= 11 is 0. The lowest BCUT2D eigenvalue weighted by Crippen LogP contribution is -2.32. The van der Waals surface area contributed by atoms with Gasteiger partial charge in [0.2, 0.25) is 0 Å². The minimum atomic E-state index is -0.924. The summed E-state index contributed by atoms with van der Waals surface area (Å²) in [5, 5.41) is 15.0. The molecule has 0 aromatic heterocycles. The average Bonchev–Trinajstić information content (AvgIpc) is 2.72. The smallest absolute Gasteiger partial charge is 0.329 e. The zero-order valence-corrected chi connectivity index (χ0v) is 15.6.